The fourth-order valence-corrected chi connectivity index (χ4v) is 4.06. The summed E-state index contributed by atoms with van der Waals surface area (Å²) >= 11 is 6.23. The Hall–Kier alpha value is -3.62. The number of para-hydroxylation sites is 1. The van der Waals surface area contributed by atoms with E-state index >= 15 is 0 Å². The van der Waals surface area contributed by atoms with Gasteiger partial charge in [-0.15, -0.1) is 0 Å². The molecule has 0 aliphatic rings. The van der Waals surface area contributed by atoms with Crippen molar-refractivity contribution in [3.63, 3.8) is 0 Å². The molecule has 0 spiro atoms. The molecule has 0 bridgehead atoms. The molecule has 0 aliphatic heterocycles. The fraction of sp³-hybridized carbons (Fsp3) is 0.185. The quantitative estimate of drug-likeness (QED) is 0.324. The van der Waals surface area contributed by atoms with Crippen LogP contribution in [0.1, 0.15) is 34.6 Å². The number of aromatic nitrogens is 2. The molecule has 2 atom stereocenters. The van der Waals surface area contributed by atoms with Crippen LogP contribution in [0.5, 0.6) is 0 Å². The number of benzene rings is 3. The van der Waals surface area contributed by atoms with Crippen LogP contribution in [-0.4, -0.2) is 38.8 Å². The maximum Gasteiger partial charge on any atom is 0.435 e. The summed E-state index contributed by atoms with van der Waals surface area (Å²) in [5, 5.41) is 14.7. The van der Waals surface area contributed by atoms with Gasteiger partial charge in [-0.05, 0) is 42.8 Å². The number of likely N-dealkylation sites (N-methyl/N-ethyl adjacent to an activating group) is 1. The maximum atomic E-state index is 13.5. The van der Waals surface area contributed by atoms with Gasteiger partial charge in [-0.3, -0.25) is 4.79 Å². The summed E-state index contributed by atoms with van der Waals surface area (Å²) in [6, 6.07) is 22.1. The smallest absolute Gasteiger partial charge is 0.386 e. The lowest BCUT2D eigenvalue weighted by molar-refractivity contribution is -0.141. The molecule has 4 rings (SSSR count). The maximum absolute atomic E-state index is 13.5. The van der Waals surface area contributed by atoms with Crippen LogP contribution in [-0.2, 0) is 6.18 Å². The first-order valence-corrected chi connectivity index (χ1v) is 11.5. The third-order valence-electron chi connectivity index (χ3n) is 6.04. The van der Waals surface area contributed by atoms with Crippen molar-refractivity contribution in [3.05, 3.63) is 107 Å². The summed E-state index contributed by atoms with van der Waals surface area (Å²) in [4.78, 5) is 14.5. The SMILES string of the molecule is CC([C@@H](O)c1ccccc1)N(C)C(=O)c1ccc(-c2cc(C(F)(F)F)nn2-c2ccccc2Cl)cc1. The summed E-state index contributed by atoms with van der Waals surface area (Å²) in [5.74, 6) is -0.334. The third-order valence-corrected chi connectivity index (χ3v) is 6.36. The molecule has 0 saturated heterocycles. The van der Waals surface area contributed by atoms with Crippen molar-refractivity contribution in [2.24, 2.45) is 0 Å². The lowest BCUT2D eigenvalue weighted by atomic mass is 10.0. The van der Waals surface area contributed by atoms with Gasteiger partial charge in [-0.1, -0.05) is 66.2 Å². The fourth-order valence-electron chi connectivity index (χ4n) is 3.85. The van der Waals surface area contributed by atoms with Crippen molar-refractivity contribution >= 4 is 17.5 Å². The number of amides is 1. The van der Waals surface area contributed by atoms with Crippen LogP contribution in [0, 0.1) is 0 Å². The number of nitrogens with zero attached hydrogens (tertiary/aromatic N) is 3. The highest BCUT2D eigenvalue weighted by Gasteiger charge is 2.35. The lowest BCUT2D eigenvalue weighted by Gasteiger charge is -2.29. The average Bonchev–Trinajstić information content (AvgIpc) is 3.34. The Morgan fingerprint density at radius 3 is 2.22 bits per heavy atom. The van der Waals surface area contributed by atoms with E-state index in [-0.39, 0.29) is 16.6 Å². The van der Waals surface area contributed by atoms with E-state index in [2.05, 4.69) is 5.10 Å². The minimum atomic E-state index is -4.64. The highest BCUT2D eigenvalue weighted by Crippen LogP contribution is 2.34. The number of carbonyl (C=O) groups is 1. The Morgan fingerprint density at radius 1 is 1.00 bits per heavy atom. The monoisotopic (exact) mass is 513 g/mol. The molecule has 4 aromatic rings. The summed E-state index contributed by atoms with van der Waals surface area (Å²) in [5.41, 5.74) is 0.862. The van der Waals surface area contributed by atoms with E-state index < -0.39 is 24.0 Å². The molecule has 36 heavy (non-hydrogen) atoms. The van der Waals surface area contributed by atoms with Gasteiger partial charge in [0.1, 0.15) is 0 Å². The molecule has 0 radical (unpaired) electrons. The van der Waals surface area contributed by atoms with Gasteiger partial charge in [0.25, 0.3) is 5.91 Å². The van der Waals surface area contributed by atoms with Crippen LogP contribution in [0.25, 0.3) is 16.9 Å². The predicted molar refractivity (Wildman–Crippen MR) is 132 cm³/mol. The van der Waals surface area contributed by atoms with Gasteiger partial charge in [0.05, 0.1) is 28.5 Å². The molecular weight excluding hydrogens is 491 g/mol. The van der Waals surface area contributed by atoms with Crippen molar-refractivity contribution in [2.45, 2.75) is 25.2 Å². The number of halogens is 4. The third kappa shape index (κ3) is 5.15. The zero-order valence-corrected chi connectivity index (χ0v) is 20.2. The highest BCUT2D eigenvalue weighted by atomic mass is 35.5. The second-order valence-corrected chi connectivity index (χ2v) is 8.77. The second-order valence-electron chi connectivity index (χ2n) is 8.37. The van der Waals surface area contributed by atoms with Crippen LogP contribution in [0.2, 0.25) is 5.02 Å². The average molecular weight is 514 g/mol. The summed E-state index contributed by atoms with van der Waals surface area (Å²) in [6.45, 7) is 1.74. The zero-order chi connectivity index (χ0) is 26.0. The molecule has 1 unspecified atom stereocenters. The summed E-state index contributed by atoms with van der Waals surface area (Å²) < 4.78 is 41.5. The predicted octanol–water partition coefficient (Wildman–Crippen LogP) is 6.41. The molecule has 0 aliphatic carbocycles. The number of rotatable bonds is 6. The largest absolute Gasteiger partial charge is 0.435 e. The van der Waals surface area contributed by atoms with Crippen LogP contribution in [0.3, 0.4) is 0 Å². The van der Waals surface area contributed by atoms with E-state index in [1.54, 1.807) is 62.5 Å². The first-order chi connectivity index (χ1) is 17.1. The number of aliphatic hydroxyl groups is 1. The van der Waals surface area contributed by atoms with Crippen LogP contribution >= 0.6 is 11.6 Å². The van der Waals surface area contributed by atoms with Crippen molar-refractivity contribution in [3.8, 4) is 16.9 Å². The van der Waals surface area contributed by atoms with Crippen molar-refractivity contribution in [1.82, 2.24) is 14.7 Å². The lowest BCUT2D eigenvalue weighted by Crippen LogP contribution is -2.39. The van der Waals surface area contributed by atoms with Gasteiger partial charge < -0.3 is 10.0 Å². The van der Waals surface area contributed by atoms with Gasteiger partial charge in [0.2, 0.25) is 0 Å². The van der Waals surface area contributed by atoms with Gasteiger partial charge in [-0.25, -0.2) is 4.68 Å². The van der Waals surface area contributed by atoms with E-state index in [0.29, 0.717) is 22.4 Å². The van der Waals surface area contributed by atoms with Gasteiger partial charge >= 0.3 is 6.18 Å². The number of aliphatic hydroxyl groups excluding tert-OH is 1. The van der Waals surface area contributed by atoms with Gasteiger partial charge in [0.15, 0.2) is 5.69 Å². The Balaban J connectivity index is 1.63. The summed E-state index contributed by atoms with van der Waals surface area (Å²) in [6.07, 6.45) is -5.53. The van der Waals surface area contributed by atoms with Gasteiger partial charge in [0, 0.05) is 18.2 Å². The molecule has 1 amide bonds. The molecule has 3 aromatic carbocycles. The number of alkyl halides is 3. The molecule has 5 nitrogen and oxygen atoms in total. The molecule has 1 aromatic heterocycles. The van der Waals surface area contributed by atoms with E-state index in [0.717, 1.165) is 10.7 Å². The minimum Gasteiger partial charge on any atom is -0.386 e. The van der Waals surface area contributed by atoms with Crippen molar-refractivity contribution in [1.29, 1.82) is 0 Å². The minimum absolute atomic E-state index is 0.177. The topological polar surface area (TPSA) is 58.4 Å². The zero-order valence-electron chi connectivity index (χ0n) is 19.4. The molecule has 186 valence electrons. The number of hydrogen-bond acceptors (Lipinski definition) is 3. The molecule has 1 N–H and O–H groups in total. The molecular formula is C27H23ClF3N3O2. The Labute approximate surface area is 211 Å². The van der Waals surface area contributed by atoms with Crippen LogP contribution < -0.4 is 0 Å². The number of hydrogen-bond donors (Lipinski definition) is 1. The molecule has 1 heterocycles. The first-order valence-electron chi connectivity index (χ1n) is 11.1. The Bertz CT molecular complexity index is 1350. The van der Waals surface area contributed by atoms with Gasteiger partial charge in [-0.2, -0.15) is 18.3 Å². The second kappa shape index (κ2) is 10.2. The molecule has 0 saturated carbocycles. The highest BCUT2D eigenvalue weighted by molar-refractivity contribution is 6.32. The van der Waals surface area contributed by atoms with Crippen LogP contribution in [0.15, 0.2) is 84.9 Å². The van der Waals surface area contributed by atoms with Crippen molar-refractivity contribution in [2.75, 3.05) is 7.05 Å². The standard InChI is InChI=1S/C27H23ClF3N3O2/c1-17(25(35)19-8-4-3-5-9-19)33(2)26(36)20-14-12-18(13-15-20)23-16-24(27(29,30)31)32-34(23)22-11-7-6-10-21(22)28/h3-17,25,35H,1-2H3/t17?,25-/m1/s1. The Morgan fingerprint density at radius 2 is 1.61 bits per heavy atom. The van der Waals surface area contributed by atoms with Crippen molar-refractivity contribution < 1.29 is 23.1 Å². The van der Waals surface area contributed by atoms with E-state index in [4.69, 9.17) is 11.6 Å². The summed E-state index contributed by atoms with van der Waals surface area (Å²) in [7, 11) is 1.59. The van der Waals surface area contributed by atoms with Crippen LogP contribution in [0.4, 0.5) is 13.2 Å². The van der Waals surface area contributed by atoms with E-state index in [1.807, 2.05) is 18.2 Å². The molecule has 9 heteroatoms. The normalized spacial score (nSPS) is 13.3. The molecule has 0 fully saturated rings. The van der Waals surface area contributed by atoms with E-state index in [1.165, 1.54) is 17.0 Å². The Kier molecular flexibility index (Phi) is 7.19. The number of carbonyl (C=O) groups excluding carboxylic acids is 1. The first kappa shape index (κ1) is 25.5. The van der Waals surface area contributed by atoms with E-state index in [9.17, 15) is 23.1 Å².